The van der Waals surface area contributed by atoms with E-state index in [0.29, 0.717) is 17.9 Å². The lowest BCUT2D eigenvalue weighted by molar-refractivity contribution is -0.117. The van der Waals surface area contributed by atoms with Crippen LogP contribution in [0.25, 0.3) is 10.9 Å². The predicted octanol–water partition coefficient (Wildman–Crippen LogP) is 7.01. The van der Waals surface area contributed by atoms with Gasteiger partial charge in [0.2, 0.25) is 0 Å². The van der Waals surface area contributed by atoms with E-state index in [0.717, 1.165) is 41.3 Å². The third-order valence-corrected chi connectivity index (χ3v) is 6.07. The number of hydrogen-bond acceptors (Lipinski definition) is 4. The fourth-order valence-electron chi connectivity index (χ4n) is 4.35. The minimum atomic E-state index is -0.370. The van der Waals surface area contributed by atoms with E-state index in [1.165, 1.54) is 12.1 Å². The van der Waals surface area contributed by atoms with Crippen LogP contribution >= 0.6 is 0 Å². The van der Waals surface area contributed by atoms with E-state index in [9.17, 15) is 9.18 Å². The molecule has 2 atom stereocenters. The van der Waals surface area contributed by atoms with Gasteiger partial charge in [-0.3, -0.25) is 4.98 Å². The average Bonchev–Trinajstić information content (AvgIpc) is 2.84. The Labute approximate surface area is 199 Å². The van der Waals surface area contributed by atoms with Gasteiger partial charge in [-0.2, -0.15) is 0 Å². The molecule has 4 aromatic rings. The summed E-state index contributed by atoms with van der Waals surface area (Å²) < 4.78 is 20.4. The molecule has 0 aliphatic rings. The van der Waals surface area contributed by atoms with Crippen molar-refractivity contribution in [1.82, 2.24) is 4.98 Å². The van der Waals surface area contributed by atoms with Crippen molar-refractivity contribution in [2.45, 2.75) is 44.6 Å². The van der Waals surface area contributed by atoms with Crippen molar-refractivity contribution in [3.05, 3.63) is 102 Å². The van der Waals surface area contributed by atoms with Crippen LogP contribution < -0.4 is 10.5 Å². The van der Waals surface area contributed by atoms with Crippen molar-refractivity contribution in [1.29, 1.82) is 0 Å². The predicted molar refractivity (Wildman–Crippen MR) is 134 cm³/mol. The zero-order chi connectivity index (χ0) is 23.9. The molecule has 4 nitrogen and oxygen atoms in total. The van der Waals surface area contributed by atoms with E-state index >= 15 is 0 Å². The van der Waals surface area contributed by atoms with Gasteiger partial charge in [0.15, 0.2) is 0 Å². The van der Waals surface area contributed by atoms with Gasteiger partial charge in [0.25, 0.3) is 0 Å². The lowest BCUT2D eigenvalue weighted by Crippen LogP contribution is -2.19. The van der Waals surface area contributed by atoms with Crippen LogP contribution in [-0.2, 0) is 4.79 Å². The Morgan fingerprint density at radius 3 is 2.44 bits per heavy atom. The molecule has 0 unspecified atom stereocenters. The largest absolute Gasteiger partial charge is 0.485 e. The summed E-state index contributed by atoms with van der Waals surface area (Å²) in [5.74, 6) is 0.536. The summed E-state index contributed by atoms with van der Waals surface area (Å²) in [7, 11) is 0. The highest BCUT2D eigenvalue weighted by Gasteiger charge is 2.29. The van der Waals surface area contributed by atoms with Gasteiger partial charge in [0.05, 0.1) is 5.52 Å². The minimum Gasteiger partial charge on any atom is -0.485 e. The number of nitrogens with zero attached hydrogens (tertiary/aromatic N) is 1. The molecular weight excluding hydrogens is 427 g/mol. The molecule has 0 aliphatic heterocycles. The molecule has 0 radical (unpaired) electrons. The van der Waals surface area contributed by atoms with E-state index in [-0.39, 0.29) is 23.6 Å². The maximum atomic E-state index is 13.8. The number of carbonyl (C=O) groups is 1. The van der Waals surface area contributed by atoms with Crippen molar-refractivity contribution in [2.75, 3.05) is 5.73 Å². The second-order valence-corrected chi connectivity index (χ2v) is 8.64. The number of fused-ring (bicyclic) bond motifs is 1. The molecule has 4 rings (SSSR count). The van der Waals surface area contributed by atoms with E-state index < -0.39 is 0 Å². The Morgan fingerprint density at radius 2 is 1.71 bits per heavy atom. The zero-order valence-electron chi connectivity index (χ0n) is 19.3. The standard InChI is InChI=1S/C29H29FN2O2/c1-20(33)6-2-3-9-26(21-11-13-23(30)14-12-21)29(34-25-17-15-24(31)16-18-25)27-10-4-7-22-8-5-19-32-28(22)27/h4-5,7-8,10-19,26,29H,2-3,6,9,31H2,1H3/t26-,29+/m1/s1. The summed E-state index contributed by atoms with van der Waals surface area (Å²) in [5, 5.41) is 1.03. The van der Waals surface area contributed by atoms with Crippen LogP contribution in [0.15, 0.2) is 85.1 Å². The number of nitrogens with two attached hydrogens (primary N) is 1. The fraction of sp³-hybridized carbons (Fsp3) is 0.241. The quantitative estimate of drug-likeness (QED) is 0.206. The maximum Gasteiger partial charge on any atom is 0.133 e. The number of unbranched alkanes of at least 4 members (excludes halogenated alkanes) is 1. The molecule has 3 aromatic carbocycles. The number of carbonyl (C=O) groups excluding carboxylic acids is 1. The summed E-state index contributed by atoms with van der Waals surface area (Å²) in [5.41, 5.74) is 9.38. The molecule has 0 amide bonds. The average molecular weight is 457 g/mol. The van der Waals surface area contributed by atoms with E-state index in [4.69, 9.17) is 10.5 Å². The number of aromatic nitrogens is 1. The van der Waals surface area contributed by atoms with Crippen molar-refractivity contribution in [3.63, 3.8) is 0 Å². The van der Waals surface area contributed by atoms with Gasteiger partial charge in [-0.25, -0.2) is 4.39 Å². The second-order valence-electron chi connectivity index (χ2n) is 8.64. The molecule has 0 saturated heterocycles. The first-order chi connectivity index (χ1) is 16.5. The number of ether oxygens (including phenoxy) is 1. The third kappa shape index (κ3) is 5.79. The summed E-state index contributed by atoms with van der Waals surface area (Å²) in [6.07, 6.45) is 4.39. The molecule has 174 valence electrons. The number of nitrogen functional groups attached to an aromatic ring is 1. The van der Waals surface area contributed by atoms with Crippen LogP contribution in [0.5, 0.6) is 5.75 Å². The lowest BCUT2D eigenvalue weighted by atomic mass is 9.84. The Hall–Kier alpha value is -3.73. The molecular formula is C29H29FN2O2. The topological polar surface area (TPSA) is 65.2 Å². The monoisotopic (exact) mass is 456 g/mol. The van der Waals surface area contributed by atoms with Gasteiger partial charge in [-0.1, -0.05) is 42.8 Å². The summed E-state index contributed by atoms with van der Waals surface area (Å²) in [6, 6.07) is 24.0. The molecule has 0 aliphatic carbocycles. The molecule has 1 heterocycles. The van der Waals surface area contributed by atoms with Crippen LogP contribution in [0.4, 0.5) is 10.1 Å². The molecule has 0 bridgehead atoms. The normalized spacial score (nSPS) is 12.9. The summed E-state index contributed by atoms with van der Waals surface area (Å²) in [4.78, 5) is 16.1. The molecule has 1 aromatic heterocycles. The zero-order valence-corrected chi connectivity index (χ0v) is 19.3. The molecule has 34 heavy (non-hydrogen) atoms. The maximum absolute atomic E-state index is 13.8. The van der Waals surface area contributed by atoms with Crippen LogP contribution in [0.2, 0.25) is 0 Å². The molecule has 0 spiro atoms. The van der Waals surface area contributed by atoms with Gasteiger partial charge in [-0.15, -0.1) is 0 Å². The fourth-order valence-corrected chi connectivity index (χ4v) is 4.35. The molecule has 0 fully saturated rings. The van der Waals surface area contributed by atoms with Gasteiger partial charge < -0.3 is 15.3 Å². The number of Topliss-reactive ketones (excluding diaryl/α,β-unsaturated/α-hetero) is 1. The second kappa shape index (κ2) is 10.9. The summed E-state index contributed by atoms with van der Waals surface area (Å²) >= 11 is 0. The SMILES string of the molecule is CC(=O)CCCC[C@H](c1ccc(F)cc1)[C@H](Oc1ccc(N)cc1)c1cccc2cccnc12. The van der Waals surface area contributed by atoms with Crippen LogP contribution in [0, 0.1) is 5.82 Å². The van der Waals surface area contributed by atoms with Gasteiger partial charge in [0.1, 0.15) is 23.5 Å². The smallest absolute Gasteiger partial charge is 0.133 e. The van der Waals surface area contributed by atoms with Crippen LogP contribution in [0.1, 0.15) is 55.8 Å². The number of benzene rings is 3. The molecule has 5 heteroatoms. The Kier molecular flexibility index (Phi) is 7.53. The van der Waals surface area contributed by atoms with Crippen molar-refractivity contribution < 1.29 is 13.9 Å². The number of pyridine rings is 1. The number of rotatable bonds is 10. The number of halogens is 1. The number of anilines is 1. The van der Waals surface area contributed by atoms with Gasteiger partial charge in [-0.05, 0) is 67.8 Å². The third-order valence-electron chi connectivity index (χ3n) is 6.07. The van der Waals surface area contributed by atoms with E-state index in [1.54, 1.807) is 13.1 Å². The highest BCUT2D eigenvalue weighted by molar-refractivity contribution is 5.82. The van der Waals surface area contributed by atoms with Gasteiger partial charge >= 0.3 is 0 Å². The van der Waals surface area contributed by atoms with Crippen molar-refractivity contribution in [2.24, 2.45) is 0 Å². The Bertz CT molecular complexity index is 1230. The first kappa shape index (κ1) is 23.4. The van der Waals surface area contributed by atoms with Crippen molar-refractivity contribution in [3.8, 4) is 5.75 Å². The van der Waals surface area contributed by atoms with E-state index in [2.05, 4.69) is 4.98 Å². The minimum absolute atomic E-state index is 0.0716. The van der Waals surface area contributed by atoms with E-state index in [1.807, 2.05) is 66.7 Å². The van der Waals surface area contributed by atoms with Crippen LogP contribution in [-0.4, -0.2) is 10.8 Å². The van der Waals surface area contributed by atoms with Crippen LogP contribution in [0.3, 0.4) is 0 Å². The molecule has 0 saturated carbocycles. The summed E-state index contributed by atoms with van der Waals surface area (Å²) in [6.45, 7) is 1.62. The lowest BCUT2D eigenvalue weighted by Gasteiger charge is -2.30. The Morgan fingerprint density at radius 1 is 0.971 bits per heavy atom. The highest BCUT2D eigenvalue weighted by atomic mass is 19.1. The Balaban J connectivity index is 1.78. The molecule has 2 N–H and O–H groups in total. The number of ketones is 1. The first-order valence-electron chi connectivity index (χ1n) is 11.6. The number of para-hydroxylation sites is 1. The van der Waals surface area contributed by atoms with Gasteiger partial charge in [0, 0.05) is 35.2 Å². The highest BCUT2D eigenvalue weighted by Crippen LogP contribution is 2.41. The first-order valence-corrected chi connectivity index (χ1v) is 11.6. The number of hydrogen-bond donors (Lipinski definition) is 1. The van der Waals surface area contributed by atoms with Crippen molar-refractivity contribution >= 4 is 22.4 Å².